The molecule has 1 aliphatic rings. The van der Waals surface area contributed by atoms with Gasteiger partial charge in [0.15, 0.2) is 0 Å². The van der Waals surface area contributed by atoms with E-state index in [1.54, 1.807) is 5.06 Å². The van der Waals surface area contributed by atoms with Gasteiger partial charge in [-0.25, -0.2) is 4.79 Å². The Labute approximate surface area is 78.4 Å². The molecule has 1 aliphatic heterocycles. The van der Waals surface area contributed by atoms with Crippen LogP contribution in [0.15, 0.2) is 0 Å². The lowest BCUT2D eigenvalue weighted by atomic mass is 9.95. The summed E-state index contributed by atoms with van der Waals surface area (Å²) in [6, 6.07) is 0.263. The highest BCUT2D eigenvalue weighted by Crippen LogP contribution is 2.21. The Balaban J connectivity index is 2.38. The normalized spacial score (nSPS) is 30.1. The molecule has 4 nitrogen and oxygen atoms in total. The lowest BCUT2D eigenvalue weighted by molar-refractivity contribution is -0.211. The molecule has 4 heteroatoms. The molecular formula is C9H17NO3. The fraction of sp³-hybridized carbons (Fsp3) is 0.889. The van der Waals surface area contributed by atoms with E-state index in [-0.39, 0.29) is 6.04 Å². The molecule has 1 rings (SSSR count). The molecule has 0 aromatic heterocycles. The minimum absolute atomic E-state index is 0.263. The van der Waals surface area contributed by atoms with Crippen LogP contribution in [0.25, 0.3) is 0 Å². The van der Waals surface area contributed by atoms with E-state index in [0.29, 0.717) is 5.92 Å². The SMILES string of the molecule is CC1CCN(OC(=O)CO)C(C)C1. The first-order valence-electron chi connectivity index (χ1n) is 4.71. The average Bonchev–Trinajstić information content (AvgIpc) is 2.09. The number of hydroxylamine groups is 2. The number of hydrogen-bond donors (Lipinski definition) is 1. The van der Waals surface area contributed by atoms with E-state index in [9.17, 15) is 4.79 Å². The van der Waals surface area contributed by atoms with Crippen LogP contribution in [0.3, 0.4) is 0 Å². The lowest BCUT2D eigenvalue weighted by Crippen LogP contribution is -2.41. The molecule has 0 aromatic rings. The van der Waals surface area contributed by atoms with Gasteiger partial charge in [0.2, 0.25) is 0 Å². The summed E-state index contributed by atoms with van der Waals surface area (Å²) in [6.45, 7) is 4.45. The van der Waals surface area contributed by atoms with Gasteiger partial charge in [-0.2, -0.15) is 0 Å². The molecule has 0 amide bonds. The standard InChI is InChI=1S/C9H17NO3/c1-7-3-4-10(8(2)5-7)13-9(12)6-11/h7-8,11H,3-6H2,1-2H3. The summed E-state index contributed by atoms with van der Waals surface area (Å²) in [5, 5.41) is 10.2. The van der Waals surface area contributed by atoms with Crippen LogP contribution < -0.4 is 0 Å². The van der Waals surface area contributed by atoms with E-state index in [0.717, 1.165) is 19.4 Å². The topological polar surface area (TPSA) is 49.8 Å². The Morgan fingerprint density at radius 1 is 1.62 bits per heavy atom. The fourth-order valence-electron chi connectivity index (χ4n) is 1.68. The van der Waals surface area contributed by atoms with Crippen molar-refractivity contribution in [2.24, 2.45) is 5.92 Å². The number of rotatable bonds is 2. The van der Waals surface area contributed by atoms with E-state index in [2.05, 4.69) is 6.92 Å². The van der Waals surface area contributed by atoms with Gasteiger partial charge in [0, 0.05) is 12.6 Å². The molecule has 76 valence electrons. The molecule has 2 unspecified atom stereocenters. The van der Waals surface area contributed by atoms with Crippen LogP contribution >= 0.6 is 0 Å². The summed E-state index contributed by atoms with van der Waals surface area (Å²) in [5.41, 5.74) is 0. The van der Waals surface area contributed by atoms with Crippen molar-refractivity contribution in [3.8, 4) is 0 Å². The summed E-state index contributed by atoms with van der Waals surface area (Å²) in [7, 11) is 0. The first-order chi connectivity index (χ1) is 6.13. The van der Waals surface area contributed by atoms with Crippen LogP contribution in [0.1, 0.15) is 26.7 Å². The molecule has 0 aromatic carbocycles. The highest BCUT2D eigenvalue weighted by molar-refractivity contribution is 5.70. The number of aliphatic hydroxyl groups is 1. The maximum atomic E-state index is 10.8. The van der Waals surface area contributed by atoms with Crippen LogP contribution in [-0.4, -0.2) is 35.3 Å². The molecular weight excluding hydrogens is 170 g/mol. The minimum Gasteiger partial charge on any atom is -0.385 e. The zero-order valence-electron chi connectivity index (χ0n) is 8.19. The van der Waals surface area contributed by atoms with Gasteiger partial charge in [-0.05, 0) is 25.7 Å². The zero-order chi connectivity index (χ0) is 9.84. The van der Waals surface area contributed by atoms with Crippen molar-refractivity contribution in [3.63, 3.8) is 0 Å². The highest BCUT2D eigenvalue weighted by atomic mass is 16.7. The number of nitrogens with zero attached hydrogens (tertiary/aromatic N) is 1. The van der Waals surface area contributed by atoms with Crippen molar-refractivity contribution < 1.29 is 14.7 Å². The van der Waals surface area contributed by atoms with Crippen molar-refractivity contribution in [1.82, 2.24) is 5.06 Å². The second-order valence-electron chi connectivity index (χ2n) is 3.74. The third-order valence-electron chi connectivity index (χ3n) is 2.43. The Hall–Kier alpha value is -0.610. The van der Waals surface area contributed by atoms with Gasteiger partial charge in [-0.1, -0.05) is 6.92 Å². The summed E-state index contributed by atoms with van der Waals surface area (Å²) in [5.74, 6) is 0.125. The first kappa shape index (κ1) is 10.5. The second kappa shape index (κ2) is 4.58. The van der Waals surface area contributed by atoms with E-state index in [1.165, 1.54) is 0 Å². The van der Waals surface area contributed by atoms with Crippen LogP contribution in [0, 0.1) is 5.92 Å². The number of carbonyl (C=O) groups excluding carboxylic acids is 1. The smallest absolute Gasteiger partial charge is 0.350 e. The Kier molecular flexibility index (Phi) is 3.69. The summed E-state index contributed by atoms with van der Waals surface area (Å²) >= 11 is 0. The van der Waals surface area contributed by atoms with E-state index >= 15 is 0 Å². The molecule has 0 saturated carbocycles. The fourth-order valence-corrected chi connectivity index (χ4v) is 1.68. The predicted octanol–water partition coefficient (Wildman–Crippen LogP) is 0.557. The monoisotopic (exact) mass is 187 g/mol. The largest absolute Gasteiger partial charge is 0.385 e. The second-order valence-corrected chi connectivity index (χ2v) is 3.74. The lowest BCUT2D eigenvalue weighted by Gasteiger charge is -2.34. The number of aliphatic hydroxyl groups excluding tert-OH is 1. The molecule has 1 fully saturated rings. The quantitative estimate of drug-likeness (QED) is 0.686. The van der Waals surface area contributed by atoms with Gasteiger partial charge in [0.1, 0.15) is 6.61 Å². The average molecular weight is 187 g/mol. The minimum atomic E-state index is -0.568. The van der Waals surface area contributed by atoms with Crippen LogP contribution in [0.4, 0.5) is 0 Å². The van der Waals surface area contributed by atoms with Crippen LogP contribution in [0.5, 0.6) is 0 Å². The van der Waals surface area contributed by atoms with Gasteiger partial charge in [-0.3, -0.25) is 0 Å². The third-order valence-corrected chi connectivity index (χ3v) is 2.43. The van der Waals surface area contributed by atoms with Gasteiger partial charge >= 0.3 is 5.97 Å². The Bertz CT molecular complexity index is 184. The Morgan fingerprint density at radius 2 is 2.31 bits per heavy atom. The van der Waals surface area contributed by atoms with Gasteiger partial charge in [0.25, 0.3) is 0 Å². The molecule has 13 heavy (non-hydrogen) atoms. The Morgan fingerprint density at radius 3 is 2.85 bits per heavy atom. The highest BCUT2D eigenvalue weighted by Gasteiger charge is 2.25. The van der Waals surface area contributed by atoms with Gasteiger partial charge in [0.05, 0.1) is 0 Å². The summed E-state index contributed by atoms with van der Waals surface area (Å²) < 4.78 is 0. The van der Waals surface area contributed by atoms with E-state index in [4.69, 9.17) is 9.94 Å². The van der Waals surface area contributed by atoms with Crippen molar-refractivity contribution in [1.29, 1.82) is 0 Å². The number of carbonyl (C=O) groups is 1. The molecule has 0 bridgehead atoms. The van der Waals surface area contributed by atoms with Crippen molar-refractivity contribution in [2.75, 3.05) is 13.2 Å². The third kappa shape index (κ3) is 2.97. The first-order valence-corrected chi connectivity index (χ1v) is 4.71. The number of hydrogen-bond acceptors (Lipinski definition) is 4. The van der Waals surface area contributed by atoms with E-state index in [1.807, 2.05) is 6.92 Å². The molecule has 2 atom stereocenters. The summed E-state index contributed by atoms with van der Waals surface area (Å²) in [4.78, 5) is 15.7. The van der Waals surface area contributed by atoms with E-state index < -0.39 is 12.6 Å². The van der Waals surface area contributed by atoms with Gasteiger partial charge < -0.3 is 9.94 Å². The molecule has 0 radical (unpaired) electrons. The van der Waals surface area contributed by atoms with Crippen LogP contribution in [-0.2, 0) is 9.63 Å². The maximum absolute atomic E-state index is 10.8. The van der Waals surface area contributed by atoms with Gasteiger partial charge in [-0.15, -0.1) is 5.06 Å². The maximum Gasteiger partial charge on any atom is 0.350 e. The molecule has 1 heterocycles. The van der Waals surface area contributed by atoms with Crippen LogP contribution in [0.2, 0.25) is 0 Å². The molecule has 0 spiro atoms. The molecule has 1 N–H and O–H groups in total. The summed E-state index contributed by atoms with van der Waals surface area (Å²) in [6.07, 6.45) is 2.09. The number of piperidine rings is 1. The van der Waals surface area contributed by atoms with Crippen molar-refractivity contribution in [2.45, 2.75) is 32.7 Å². The van der Waals surface area contributed by atoms with Crippen molar-refractivity contribution >= 4 is 5.97 Å². The predicted molar refractivity (Wildman–Crippen MR) is 47.7 cm³/mol. The van der Waals surface area contributed by atoms with Crippen molar-refractivity contribution in [3.05, 3.63) is 0 Å². The zero-order valence-corrected chi connectivity index (χ0v) is 8.19. The molecule has 1 saturated heterocycles. The molecule has 0 aliphatic carbocycles.